The third kappa shape index (κ3) is 4.25. The van der Waals surface area contributed by atoms with Crippen molar-refractivity contribution in [3.63, 3.8) is 0 Å². The average molecular weight is 272 g/mol. The monoisotopic (exact) mass is 272 g/mol. The number of rotatable bonds is 6. The van der Waals surface area contributed by atoms with Crippen LogP contribution in [0.4, 0.5) is 5.82 Å². The van der Waals surface area contributed by atoms with Crippen LogP contribution < -0.4 is 16.0 Å². The first kappa shape index (κ1) is 14.9. The number of pyridine rings is 1. The van der Waals surface area contributed by atoms with Crippen molar-refractivity contribution >= 4 is 15.8 Å². The predicted molar refractivity (Wildman–Crippen MR) is 71.3 cm³/mol. The minimum atomic E-state index is -3.51. The predicted octanol–water partition coefficient (Wildman–Crippen LogP) is 1.08. The van der Waals surface area contributed by atoms with Gasteiger partial charge in [0, 0.05) is 12.2 Å². The van der Waals surface area contributed by atoms with Gasteiger partial charge >= 0.3 is 0 Å². The third-order valence-corrected chi connectivity index (χ3v) is 3.95. The average Bonchev–Trinajstić information content (AvgIpc) is 2.27. The molecule has 0 radical (unpaired) electrons. The lowest BCUT2D eigenvalue weighted by Gasteiger charge is -2.16. The van der Waals surface area contributed by atoms with E-state index in [-0.39, 0.29) is 10.9 Å². The van der Waals surface area contributed by atoms with E-state index in [9.17, 15) is 8.42 Å². The van der Waals surface area contributed by atoms with Gasteiger partial charge in [-0.25, -0.2) is 24.0 Å². The Morgan fingerprint density at radius 1 is 1.33 bits per heavy atom. The maximum absolute atomic E-state index is 12.0. The number of anilines is 1. The molecule has 0 aromatic carbocycles. The van der Waals surface area contributed by atoms with Crippen molar-refractivity contribution in [3.05, 3.63) is 18.3 Å². The summed E-state index contributed by atoms with van der Waals surface area (Å²) in [6, 6.07) is 2.87. The first-order valence-electron chi connectivity index (χ1n) is 5.80. The number of hydrazine groups is 1. The lowest BCUT2D eigenvalue weighted by atomic mass is 10.1. The molecule has 1 atom stereocenters. The Morgan fingerprint density at radius 2 is 2.00 bits per heavy atom. The van der Waals surface area contributed by atoms with Crippen LogP contribution in [0.1, 0.15) is 27.2 Å². The zero-order chi connectivity index (χ0) is 13.8. The molecule has 0 aliphatic heterocycles. The smallest absolute Gasteiger partial charge is 0.242 e. The Hall–Kier alpha value is -1.18. The number of sulfonamides is 1. The first-order valence-corrected chi connectivity index (χ1v) is 7.28. The van der Waals surface area contributed by atoms with Crippen molar-refractivity contribution in [2.24, 2.45) is 11.8 Å². The highest BCUT2D eigenvalue weighted by Crippen LogP contribution is 2.12. The number of nitrogens with one attached hydrogen (secondary N) is 2. The lowest BCUT2D eigenvalue weighted by molar-refractivity contribution is 0.482. The number of hydrogen-bond donors (Lipinski definition) is 3. The topological polar surface area (TPSA) is 97.1 Å². The van der Waals surface area contributed by atoms with Crippen LogP contribution in [0.5, 0.6) is 0 Å². The van der Waals surface area contributed by atoms with Crippen LogP contribution >= 0.6 is 0 Å². The van der Waals surface area contributed by atoms with Gasteiger partial charge in [0.25, 0.3) is 0 Å². The molecule has 4 N–H and O–H groups in total. The summed E-state index contributed by atoms with van der Waals surface area (Å²) < 4.78 is 26.7. The standard InChI is InChI=1S/C11H20N4O2S/c1-8(2)6-9(3)15-18(16,17)10-4-5-11(14-12)13-7-10/h4-5,7-9,15H,6,12H2,1-3H3,(H,13,14). The van der Waals surface area contributed by atoms with Crippen LogP contribution in [0.15, 0.2) is 23.2 Å². The van der Waals surface area contributed by atoms with Crippen molar-refractivity contribution < 1.29 is 8.42 Å². The van der Waals surface area contributed by atoms with E-state index in [4.69, 9.17) is 5.84 Å². The summed E-state index contributed by atoms with van der Waals surface area (Å²) in [5.74, 6) is 6.02. The molecule has 0 spiro atoms. The van der Waals surface area contributed by atoms with Gasteiger partial charge in [-0.2, -0.15) is 0 Å². The van der Waals surface area contributed by atoms with Crippen molar-refractivity contribution in [1.82, 2.24) is 9.71 Å². The fraction of sp³-hybridized carbons (Fsp3) is 0.545. The van der Waals surface area contributed by atoms with E-state index in [1.165, 1.54) is 18.3 Å². The van der Waals surface area contributed by atoms with Gasteiger partial charge in [-0.15, -0.1) is 0 Å². The van der Waals surface area contributed by atoms with Gasteiger partial charge in [-0.1, -0.05) is 13.8 Å². The molecule has 102 valence electrons. The molecule has 0 saturated heterocycles. The zero-order valence-electron chi connectivity index (χ0n) is 10.8. The highest BCUT2D eigenvalue weighted by Gasteiger charge is 2.18. The number of nitrogens with two attached hydrogens (primary N) is 1. The molecule has 0 bridgehead atoms. The zero-order valence-corrected chi connectivity index (χ0v) is 11.7. The highest BCUT2D eigenvalue weighted by molar-refractivity contribution is 7.89. The fourth-order valence-electron chi connectivity index (χ4n) is 1.71. The maximum Gasteiger partial charge on any atom is 0.242 e. The molecular formula is C11H20N4O2S. The summed E-state index contributed by atoms with van der Waals surface area (Å²) in [6.07, 6.45) is 2.06. The molecule has 0 saturated carbocycles. The Balaban J connectivity index is 2.79. The summed E-state index contributed by atoms with van der Waals surface area (Å²) in [5.41, 5.74) is 2.35. The first-order chi connectivity index (χ1) is 8.35. The van der Waals surface area contributed by atoms with Crippen LogP contribution in [0.25, 0.3) is 0 Å². The molecule has 1 aromatic rings. The highest BCUT2D eigenvalue weighted by atomic mass is 32.2. The van der Waals surface area contributed by atoms with Gasteiger partial charge in [0.05, 0.1) is 0 Å². The minimum Gasteiger partial charge on any atom is -0.308 e. The Labute approximate surface area is 108 Å². The Kier molecular flexibility index (Phi) is 5.06. The lowest BCUT2D eigenvalue weighted by Crippen LogP contribution is -2.33. The SMILES string of the molecule is CC(C)CC(C)NS(=O)(=O)c1ccc(NN)nc1. The molecule has 1 rings (SSSR count). The van der Waals surface area contributed by atoms with E-state index in [0.717, 1.165) is 6.42 Å². The van der Waals surface area contributed by atoms with Crippen LogP contribution in [-0.4, -0.2) is 19.4 Å². The van der Waals surface area contributed by atoms with E-state index in [0.29, 0.717) is 11.7 Å². The second kappa shape index (κ2) is 6.12. The fourth-order valence-corrected chi connectivity index (χ4v) is 2.91. The van der Waals surface area contributed by atoms with Gasteiger partial charge in [0.2, 0.25) is 10.0 Å². The minimum absolute atomic E-state index is 0.109. The molecule has 1 aromatic heterocycles. The quantitative estimate of drug-likeness (QED) is 0.532. The molecule has 0 amide bonds. The Morgan fingerprint density at radius 3 is 2.44 bits per heavy atom. The van der Waals surface area contributed by atoms with Crippen molar-refractivity contribution in [3.8, 4) is 0 Å². The molecule has 6 nitrogen and oxygen atoms in total. The van der Waals surface area contributed by atoms with Crippen LogP contribution in [0.3, 0.4) is 0 Å². The number of nitrogens with zero attached hydrogens (tertiary/aromatic N) is 1. The van der Waals surface area contributed by atoms with Crippen molar-refractivity contribution in [2.75, 3.05) is 5.43 Å². The van der Waals surface area contributed by atoms with Gasteiger partial charge in [0.1, 0.15) is 10.7 Å². The summed E-state index contributed by atoms with van der Waals surface area (Å²) in [5, 5.41) is 0. The number of nitrogen functional groups attached to an aromatic ring is 1. The van der Waals surface area contributed by atoms with Crippen molar-refractivity contribution in [2.45, 2.75) is 38.1 Å². The summed E-state index contributed by atoms with van der Waals surface area (Å²) in [7, 11) is -3.51. The van der Waals surface area contributed by atoms with E-state index in [2.05, 4.69) is 15.1 Å². The van der Waals surface area contributed by atoms with Gasteiger partial charge in [-0.3, -0.25) is 0 Å². The molecular weight excluding hydrogens is 252 g/mol. The van der Waals surface area contributed by atoms with Crippen LogP contribution in [-0.2, 0) is 10.0 Å². The van der Waals surface area contributed by atoms with E-state index in [1.807, 2.05) is 20.8 Å². The summed E-state index contributed by atoms with van der Waals surface area (Å²) >= 11 is 0. The van der Waals surface area contributed by atoms with E-state index in [1.54, 1.807) is 0 Å². The second-order valence-electron chi connectivity index (χ2n) is 4.68. The van der Waals surface area contributed by atoms with E-state index < -0.39 is 10.0 Å². The van der Waals surface area contributed by atoms with E-state index >= 15 is 0 Å². The maximum atomic E-state index is 12.0. The largest absolute Gasteiger partial charge is 0.308 e. The molecule has 0 aliphatic rings. The molecule has 1 unspecified atom stereocenters. The van der Waals surface area contributed by atoms with Gasteiger partial charge in [0.15, 0.2) is 0 Å². The molecule has 1 heterocycles. The number of aromatic nitrogens is 1. The third-order valence-electron chi connectivity index (χ3n) is 2.38. The molecule has 0 fully saturated rings. The second-order valence-corrected chi connectivity index (χ2v) is 6.39. The van der Waals surface area contributed by atoms with Crippen LogP contribution in [0.2, 0.25) is 0 Å². The summed E-state index contributed by atoms with van der Waals surface area (Å²) in [4.78, 5) is 4.01. The van der Waals surface area contributed by atoms with Gasteiger partial charge < -0.3 is 5.43 Å². The van der Waals surface area contributed by atoms with Gasteiger partial charge in [-0.05, 0) is 31.4 Å². The Bertz CT molecular complexity index is 470. The molecule has 0 aliphatic carbocycles. The van der Waals surface area contributed by atoms with Crippen molar-refractivity contribution in [1.29, 1.82) is 0 Å². The van der Waals surface area contributed by atoms with Crippen LogP contribution in [0, 0.1) is 5.92 Å². The number of hydrogen-bond acceptors (Lipinski definition) is 5. The normalized spacial score (nSPS) is 13.6. The molecule has 18 heavy (non-hydrogen) atoms. The molecule has 7 heteroatoms. The summed E-state index contributed by atoms with van der Waals surface area (Å²) in [6.45, 7) is 5.95.